The van der Waals surface area contributed by atoms with E-state index < -0.39 is 11.6 Å². The summed E-state index contributed by atoms with van der Waals surface area (Å²) in [6.45, 7) is 2.16. The van der Waals surface area contributed by atoms with Crippen molar-refractivity contribution in [3.05, 3.63) is 35.9 Å². The number of amides is 1. The Hall–Kier alpha value is -1.90. The molecule has 1 aliphatic heterocycles. The minimum absolute atomic E-state index is 0.168. The van der Waals surface area contributed by atoms with Crippen molar-refractivity contribution in [2.75, 3.05) is 13.1 Å². The molecule has 1 saturated heterocycles. The van der Waals surface area contributed by atoms with Crippen LogP contribution in [0.4, 0.5) is 0 Å². The largest absolute Gasteiger partial charge is 0.335 e. The summed E-state index contributed by atoms with van der Waals surface area (Å²) < 4.78 is 0. The predicted molar refractivity (Wildman–Crippen MR) is 102 cm³/mol. The minimum Gasteiger partial charge on any atom is -0.335 e. The lowest BCUT2D eigenvalue weighted by Gasteiger charge is -2.28. The summed E-state index contributed by atoms with van der Waals surface area (Å²) in [5.41, 5.74) is 6.58. The van der Waals surface area contributed by atoms with Gasteiger partial charge in [-0.05, 0) is 24.3 Å². The number of hydrogen-bond donors (Lipinski definition) is 2. The maximum atomic E-state index is 12.6. The van der Waals surface area contributed by atoms with E-state index in [-0.39, 0.29) is 5.91 Å². The molecule has 1 aliphatic carbocycles. The normalized spacial score (nSPS) is 25.5. The van der Waals surface area contributed by atoms with Crippen LogP contribution in [0.1, 0.15) is 50.5 Å². The molecular weight excluding hydrogens is 324 g/mol. The fraction of sp³-hybridized carbons (Fsp3) is 0.619. The Kier molecular flexibility index (Phi) is 6.29. The van der Waals surface area contributed by atoms with Crippen molar-refractivity contribution in [1.29, 1.82) is 5.26 Å². The van der Waals surface area contributed by atoms with Crippen LogP contribution in [0.3, 0.4) is 0 Å². The van der Waals surface area contributed by atoms with Crippen LogP contribution in [0.2, 0.25) is 0 Å². The van der Waals surface area contributed by atoms with Crippen LogP contribution in [-0.2, 0) is 11.3 Å². The number of benzene rings is 1. The van der Waals surface area contributed by atoms with Gasteiger partial charge in [-0.2, -0.15) is 5.26 Å². The Morgan fingerprint density at radius 1 is 1.31 bits per heavy atom. The van der Waals surface area contributed by atoms with Gasteiger partial charge in [0.2, 0.25) is 5.91 Å². The Labute approximate surface area is 156 Å². The van der Waals surface area contributed by atoms with Gasteiger partial charge in [0.05, 0.1) is 12.1 Å². The van der Waals surface area contributed by atoms with Gasteiger partial charge in [-0.1, -0.05) is 62.4 Å². The average molecular weight is 354 g/mol. The van der Waals surface area contributed by atoms with Crippen molar-refractivity contribution in [2.24, 2.45) is 11.7 Å². The van der Waals surface area contributed by atoms with E-state index in [0.717, 1.165) is 19.5 Å². The highest BCUT2D eigenvalue weighted by atomic mass is 16.2. The number of carbonyl (C=O) groups excluding carboxylic acids is 1. The number of hydrogen-bond acceptors (Lipinski definition) is 4. The Bertz CT molecular complexity index is 635. The highest BCUT2D eigenvalue weighted by Crippen LogP contribution is 2.27. The SMILES string of the molecule is N#CC1(NC(=O)C(N)CC2CCCCC2)CCN(Cc2ccccc2)C1. The lowest BCUT2D eigenvalue weighted by molar-refractivity contribution is -0.124. The number of carbonyl (C=O) groups is 1. The van der Waals surface area contributed by atoms with Gasteiger partial charge in [-0.25, -0.2) is 0 Å². The molecule has 1 heterocycles. The summed E-state index contributed by atoms with van der Waals surface area (Å²) in [6.07, 6.45) is 7.53. The molecule has 2 atom stereocenters. The molecule has 2 unspecified atom stereocenters. The summed E-state index contributed by atoms with van der Waals surface area (Å²) in [4.78, 5) is 14.8. The Morgan fingerprint density at radius 2 is 2.04 bits per heavy atom. The molecule has 0 aromatic heterocycles. The van der Waals surface area contributed by atoms with Gasteiger partial charge < -0.3 is 11.1 Å². The predicted octanol–water partition coefficient (Wildman–Crippen LogP) is 2.57. The molecular formula is C21H30N4O. The first-order valence-corrected chi connectivity index (χ1v) is 9.85. The molecule has 0 radical (unpaired) electrons. The van der Waals surface area contributed by atoms with Gasteiger partial charge >= 0.3 is 0 Å². The third-order valence-corrected chi connectivity index (χ3v) is 5.82. The van der Waals surface area contributed by atoms with Crippen molar-refractivity contribution in [2.45, 2.75) is 63.1 Å². The van der Waals surface area contributed by atoms with Gasteiger partial charge in [0.15, 0.2) is 0 Å². The summed E-state index contributed by atoms with van der Waals surface area (Å²) in [6, 6.07) is 12.1. The molecule has 2 fully saturated rings. The van der Waals surface area contributed by atoms with Crippen molar-refractivity contribution < 1.29 is 4.79 Å². The highest BCUT2D eigenvalue weighted by Gasteiger charge is 2.40. The Balaban J connectivity index is 1.53. The molecule has 2 aliphatic rings. The second kappa shape index (κ2) is 8.66. The third-order valence-electron chi connectivity index (χ3n) is 5.82. The summed E-state index contributed by atoms with van der Waals surface area (Å²) in [7, 11) is 0. The van der Waals surface area contributed by atoms with Gasteiger partial charge in [0, 0.05) is 19.6 Å². The van der Waals surface area contributed by atoms with E-state index in [1.165, 1.54) is 37.7 Å². The first kappa shape index (κ1) is 18.9. The molecule has 26 heavy (non-hydrogen) atoms. The van der Waals surface area contributed by atoms with Crippen LogP contribution in [0.25, 0.3) is 0 Å². The van der Waals surface area contributed by atoms with Crippen LogP contribution >= 0.6 is 0 Å². The van der Waals surface area contributed by atoms with Crippen molar-refractivity contribution in [3.63, 3.8) is 0 Å². The quantitative estimate of drug-likeness (QED) is 0.822. The van der Waals surface area contributed by atoms with Crippen LogP contribution in [-0.4, -0.2) is 35.5 Å². The standard InChI is InChI=1S/C21H30N4O/c22-15-21(11-12-25(16-21)14-18-9-5-2-6-10-18)24-20(26)19(23)13-17-7-3-1-4-8-17/h2,5-6,9-10,17,19H,1,3-4,7-8,11-14,16,23H2,(H,24,26). The molecule has 3 rings (SSSR count). The molecule has 3 N–H and O–H groups in total. The van der Waals surface area contributed by atoms with Crippen LogP contribution in [0.5, 0.6) is 0 Å². The first-order chi connectivity index (χ1) is 12.6. The number of nitrogens with two attached hydrogens (primary N) is 1. The maximum absolute atomic E-state index is 12.6. The van der Waals surface area contributed by atoms with Crippen molar-refractivity contribution in [3.8, 4) is 6.07 Å². The molecule has 140 valence electrons. The fourth-order valence-electron chi connectivity index (χ4n) is 4.30. The van der Waals surface area contributed by atoms with E-state index in [1.54, 1.807) is 0 Å². The second-order valence-electron chi connectivity index (χ2n) is 7.98. The number of nitriles is 1. The van der Waals surface area contributed by atoms with Gasteiger partial charge in [0.25, 0.3) is 0 Å². The smallest absolute Gasteiger partial charge is 0.238 e. The minimum atomic E-state index is -0.809. The summed E-state index contributed by atoms with van der Waals surface area (Å²) in [5, 5.41) is 12.7. The highest BCUT2D eigenvalue weighted by molar-refractivity contribution is 5.82. The average Bonchev–Trinajstić information content (AvgIpc) is 3.06. The number of likely N-dealkylation sites (tertiary alicyclic amines) is 1. The van der Waals surface area contributed by atoms with Crippen molar-refractivity contribution in [1.82, 2.24) is 10.2 Å². The van der Waals surface area contributed by atoms with Gasteiger partial charge in [-0.3, -0.25) is 9.69 Å². The number of nitrogens with one attached hydrogen (secondary N) is 1. The lowest BCUT2D eigenvalue weighted by Crippen LogP contribution is -2.54. The van der Waals surface area contributed by atoms with Gasteiger partial charge in [-0.15, -0.1) is 0 Å². The van der Waals surface area contributed by atoms with Crippen LogP contribution < -0.4 is 11.1 Å². The van der Waals surface area contributed by atoms with E-state index in [0.29, 0.717) is 18.9 Å². The monoisotopic (exact) mass is 354 g/mol. The third kappa shape index (κ3) is 4.84. The zero-order chi connectivity index (χ0) is 18.4. The number of rotatable bonds is 6. The topological polar surface area (TPSA) is 82.1 Å². The zero-order valence-corrected chi connectivity index (χ0v) is 15.5. The lowest BCUT2D eigenvalue weighted by atomic mass is 9.84. The Morgan fingerprint density at radius 3 is 2.73 bits per heavy atom. The molecule has 1 aromatic carbocycles. The van der Waals surface area contributed by atoms with Crippen molar-refractivity contribution >= 4 is 5.91 Å². The zero-order valence-electron chi connectivity index (χ0n) is 15.5. The maximum Gasteiger partial charge on any atom is 0.238 e. The first-order valence-electron chi connectivity index (χ1n) is 9.85. The van der Waals surface area contributed by atoms with E-state index in [1.807, 2.05) is 18.2 Å². The molecule has 5 heteroatoms. The molecule has 5 nitrogen and oxygen atoms in total. The second-order valence-corrected chi connectivity index (χ2v) is 7.98. The van der Waals surface area contributed by atoms with E-state index in [9.17, 15) is 10.1 Å². The van der Waals surface area contributed by atoms with E-state index in [4.69, 9.17) is 5.73 Å². The molecule has 1 saturated carbocycles. The number of nitrogens with zero attached hydrogens (tertiary/aromatic N) is 2. The summed E-state index contributed by atoms with van der Waals surface area (Å²) in [5.74, 6) is 0.388. The van der Waals surface area contributed by atoms with Crippen LogP contribution in [0.15, 0.2) is 30.3 Å². The van der Waals surface area contributed by atoms with Crippen LogP contribution in [0, 0.1) is 17.2 Å². The van der Waals surface area contributed by atoms with E-state index in [2.05, 4.69) is 28.4 Å². The molecule has 0 spiro atoms. The van der Waals surface area contributed by atoms with E-state index >= 15 is 0 Å². The fourth-order valence-corrected chi connectivity index (χ4v) is 4.30. The molecule has 1 amide bonds. The van der Waals surface area contributed by atoms with Gasteiger partial charge in [0.1, 0.15) is 5.54 Å². The molecule has 1 aromatic rings. The summed E-state index contributed by atoms with van der Waals surface area (Å²) >= 11 is 0. The molecule has 0 bridgehead atoms.